The van der Waals surface area contributed by atoms with E-state index in [0.29, 0.717) is 25.7 Å². The Bertz CT molecular complexity index is 2210. The van der Waals surface area contributed by atoms with Gasteiger partial charge in [-0.1, -0.05) is 300 Å². The predicted octanol–water partition coefficient (Wildman–Crippen LogP) is 24.0. The molecule has 0 aliphatic carbocycles. The molecule has 0 amide bonds. The van der Waals surface area contributed by atoms with E-state index in [1.165, 1.54) is 141 Å². The summed E-state index contributed by atoms with van der Waals surface area (Å²) in [7, 11) is -9.96. The van der Waals surface area contributed by atoms with Crippen molar-refractivity contribution in [3.63, 3.8) is 0 Å². The second kappa shape index (κ2) is 75.7. The van der Waals surface area contributed by atoms with Crippen LogP contribution in [0.15, 0.2) is 72.9 Å². The lowest BCUT2D eigenvalue weighted by Gasteiger charge is -2.21. The first kappa shape index (κ1) is 98.5. The fraction of sp³-hybridized carbons (Fsp3) is 0.807. The third-order valence-electron chi connectivity index (χ3n) is 17.6. The molecule has 102 heavy (non-hydrogen) atoms. The maximum absolute atomic E-state index is 13.1. The molecule has 19 heteroatoms. The van der Waals surface area contributed by atoms with Gasteiger partial charge in [-0.05, 0) is 122 Å². The van der Waals surface area contributed by atoms with Crippen LogP contribution in [0, 0.1) is 0 Å². The van der Waals surface area contributed by atoms with E-state index >= 15 is 0 Å². The number of carbonyl (C=O) groups is 4. The molecule has 0 aliphatic heterocycles. The van der Waals surface area contributed by atoms with E-state index < -0.39 is 97.5 Å². The van der Waals surface area contributed by atoms with Gasteiger partial charge in [0.15, 0.2) is 12.2 Å². The molecule has 0 bridgehead atoms. The van der Waals surface area contributed by atoms with Gasteiger partial charge in [-0.2, -0.15) is 0 Å². The largest absolute Gasteiger partial charge is 0.472 e. The maximum atomic E-state index is 13.1. The lowest BCUT2D eigenvalue weighted by Crippen LogP contribution is -2.30. The lowest BCUT2D eigenvalue weighted by molar-refractivity contribution is -0.161. The van der Waals surface area contributed by atoms with Gasteiger partial charge in [-0.3, -0.25) is 37.3 Å². The number of aliphatic hydroxyl groups is 1. The Morgan fingerprint density at radius 2 is 0.480 bits per heavy atom. The first-order valence-corrected chi connectivity index (χ1v) is 44.2. The summed E-state index contributed by atoms with van der Waals surface area (Å²) in [4.78, 5) is 73.1. The van der Waals surface area contributed by atoms with Crippen LogP contribution in [-0.4, -0.2) is 96.7 Å². The molecule has 3 N–H and O–H groups in total. The number of phosphoric acid groups is 2. The highest BCUT2D eigenvalue weighted by molar-refractivity contribution is 7.47. The Balaban J connectivity index is 5.36. The number of hydrogen-bond donors (Lipinski definition) is 3. The molecule has 0 aromatic carbocycles. The molecule has 17 nitrogen and oxygen atoms in total. The molecular weight excluding hydrogens is 1330 g/mol. The van der Waals surface area contributed by atoms with Crippen molar-refractivity contribution in [2.75, 3.05) is 39.6 Å². The van der Waals surface area contributed by atoms with Crippen LogP contribution in [0.1, 0.15) is 374 Å². The highest BCUT2D eigenvalue weighted by Gasteiger charge is 2.30. The Hall–Kier alpha value is -3.50. The molecule has 5 atom stereocenters. The van der Waals surface area contributed by atoms with Gasteiger partial charge in [0.2, 0.25) is 0 Å². The fourth-order valence-electron chi connectivity index (χ4n) is 11.3. The quantitative estimate of drug-likeness (QED) is 0.0169. The van der Waals surface area contributed by atoms with Crippen molar-refractivity contribution >= 4 is 39.5 Å². The molecule has 594 valence electrons. The minimum absolute atomic E-state index is 0.0781. The zero-order valence-corrected chi connectivity index (χ0v) is 66.8. The number of rotatable bonds is 78. The van der Waals surface area contributed by atoms with Crippen molar-refractivity contribution in [2.24, 2.45) is 0 Å². The molecule has 0 aromatic rings. The van der Waals surface area contributed by atoms with Crippen molar-refractivity contribution < 1.29 is 80.2 Å². The van der Waals surface area contributed by atoms with Crippen LogP contribution in [0.2, 0.25) is 0 Å². The molecule has 0 aliphatic rings. The highest BCUT2D eigenvalue weighted by Crippen LogP contribution is 2.45. The first-order valence-electron chi connectivity index (χ1n) is 41.2. The Kier molecular flexibility index (Phi) is 73.1. The molecule has 0 spiro atoms. The summed E-state index contributed by atoms with van der Waals surface area (Å²) >= 11 is 0. The topological polar surface area (TPSA) is 237 Å². The van der Waals surface area contributed by atoms with Gasteiger partial charge in [-0.25, -0.2) is 9.13 Å². The second-order valence-corrected chi connectivity index (χ2v) is 30.6. The summed E-state index contributed by atoms with van der Waals surface area (Å²) in [6, 6.07) is 0. The fourth-order valence-corrected chi connectivity index (χ4v) is 12.9. The van der Waals surface area contributed by atoms with Gasteiger partial charge >= 0.3 is 39.5 Å². The third-order valence-corrected chi connectivity index (χ3v) is 19.5. The monoisotopic (exact) mass is 1480 g/mol. The molecule has 0 fully saturated rings. The van der Waals surface area contributed by atoms with Crippen molar-refractivity contribution in [3.8, 4) is 0 Å². The Morgan fingerprint density at radius 1 is 0.275 bits per heavy atom. The van der Waals surface area contributed by atoms with Gasteiger partial charge in [-0.15, -0.1) is 0 Å². The molecule has 0 rings (SSSR count). The number of carbonyl (C=O) groups excluding carboxylic acids is 4. The smallest absolute Gasteiger partial charge is 0.462 e. The summed E-state index contributed by atoms with van der Waals surface area (Å²) in [6.07, 6.45) is 77.2. The van der Waals surface area contributed by atoms with Crippen LogP contribution < -0.4 is 0 Å². The van der Waals surface area contributed by atoms with E-state index in [2.05, 4.69) is 101 Å². The van der Waals surface area contributed by atoms with Crippen LogP contribution in [0.3, 0.4) is 0 Å². The third kappa shape index (κ3) is 74.8. The predicted molar refractivity (Wildman–Crippen MR) is 418 cm³/mol. The van der Waals surface area contributed by atoms with Crippen LogP contribution in [-0.2, 0) is 65.4 Å². The van der Waals surface area contributed by atoms with Gasteiger partial charge in [0.05, 0.1) is 26.4 Å². The average molecular weight is 1480 g/mol. The number of aliphatic hydroxyl groups excluding tert-OH is 1. The standard InChI is InChI=1S/C83H150O17P2/c1-5-9-13-17-21-25-29-33-37-38-42-44-48-52-56-60-64-68-81(86)94-74-79(100-83(88)70-66-62-58-54-50-46-41-36-32-28-24-20-16-12-8-4)76-98-102(91,92)96-72-77(84)71-95-101(89,90)97-75-78(99-82(87)69-65-61-57-53-49-45-40-35-31-27-23-19-15-11-7-3)73-93-80(85)67-63-59-55-51-47-43-39-34-30-26-22-18-14-10-6-2/h22-24,26-28,34-36,39-41,77-79,84H,5-21,25,29-33,37-38,42-76H2,1-4H3,(H,89,90)(H,91,92)/b26-22-,27-23-,28-24-,39-34-,40-35-,41-36-/t77-,78+,79+/m0/s1. The normalized spacial score (nSPS) is 14.2. The van der Waals surface area contributed by atoms with Crippen molar-refractivity contribution in [3.05, 3.63) is 72.9 Å². The average Bonchev–Trinajstić information content (AvgIpc) is 0.926. The molecule has 0 heterocycles. The number of hydrogen-bond acceptors (Lipinski definition) is 15. The van der Waals surface area contributed by atoms with E-state index in [0.717, 1.165) is 154 Å². The van der Waals surface area contributed by atoms with Gasteiger partial charge < -0.3 is 33.8 Å². The molecule has 2 unspecified atom stereocenters. The van der Waals surface area contributed by atoms with E-state index in [-0.39, 0.29) is 25.7 Å². The Labute approximate surface area is 622 Å². The van der Waals surface area contributed by atoms with Gasteiger partial charge in [0.25, 0.3) is 0 Å². The maximum Gasteiger partial charge on any atom is 0.472 e. The number of ether oxygens (including phenoxy) is 4. The Morgan fingerprint density at radius 3 is 0.745 bits per heavy atom. The van der Waals surface area contributed by atoms with Crippen molar-refractivity contribution in [2.45, 2.75) is 393 Å². The lowest BCUT2D eigenvalue weighted by atomic mass is 10.0. The summed E-state index contributed by atoms with van der Waals surface area (Å²) in [6.45, 7) is 4.82. The second-order valence-electron chi connectivity index (χ2n) is 27.7. The zero-order chi connectivity index (χ0) is 74.6. The highest BCUT2D eigenvalue weighted by atomic mass is 31.2. The summed E-state index contributed by atoms with van der Waals surface area (Å²) in [5.74, 6) is -2.19. The van der Waals surface area contributed by atoms with E-state index in [1.807, 2.05) is 0 Å². The van der Waals surface area contributed by atoms with E-state index in [4.69, 9.17) is 37.0 Å². The summed E-state index contributed by atoms with van der Waals surface area (Å²) in [5, 5.41) is 10.6. The SMILES string of the molecule is CCCCC/C=C\C/C=C\CCCCCCCC(=O)OC[C@H](COP(=O)(O)OC[C@H](O)COP(=O)(O)OC[C@@H](COC(=O)CCCCCCCCCCCCCCCCCCC)OC(=O)CCCCCCC/C=C\C/C=C\CCCCC)OC(=O)CCCCCCC/C=C\C/C=C\CCCCC. The van der Waals surface area contributed by atoms with Crippen molar-refractivity contribution in [1.29, 1.82) is 0 Å². The van der Waals surface area contributed by atoms with Gasteiger partial charge in [0, 0.05) is 25.7 Å². The zero-order valence-electron chi connectivity index (χ0n) is 65.0. The minimum atomic E-state index is -4.98. The van der Waals surface area contributed by atoms with E-state index in [1.54, 1.807) is 0 Å². The number of phosphoric ester groups is 2. The van der Waals surface area contributed by atoms with E-state index in [9.17, 15) is 43.2 Å². The summed E-state index contributed by atoms with van der Waals surface area (Å²) in [5.41, 5.74) is 0. The summed E-state index contributed by atoms with van der Waals surface area (Å²) < 4.78 is 68.7. The number of unbranched alkanes of at least 4 members (excludes halogenated alkanes) is 40. The minimum Gasteiger partial charge on any atom is -0.462 e. The molecule has 0 radical (unpaired) electrons. The first-order chi connectivity index (χ1) is 49.7. The van der Waals surface area contributed by atoms with Gasteiger partial charge in [0.1, 0.15) is 19.3 Å². The van der Waals surface area contributed by atoms with Crippen LogP contribution in [0.25, 0.3) is 0 Å². The number of allylic oxidation sites excluding steroid dienone is 12. The van der Waals surface area contributed by atoms with Crippen LogP contribution in [0.5, 0.6) is 0 Å². The molecular formula is C83H150O17P2. The molecule has 0 saturated carbocycles. The van der Waals surface area contributed by atoms with Crippen molar-refractivity contribution in [1.82, 2.24) is 0 Å². The number of esters is 4. The van der Waals surface area contributed by atoms with Crippen LogP contribution >= 0.6 is 15.6 Å². The molecule has 0 saturated heterocycles. The molecule has 0 aromatic heterocycles. The van der Waals surface area contributed by atoms with Crippen LogP contribution in [0.4, 0.5) is 0 Å².